The second-order valence-electron chi connectivity index (χ2n) is 4.66. The summed E-state index contributed by atoms with van der Waals surface area (Å²) in [4.78, 5) is 4.19. The van der Waals surface area contributed by atoms with Crippen molar-refractivity contribution in [1.82, 2.24) is 10.1 Å². The van der Waals surface area contributed by atoms with Crippen molar-refractivity contribution in [3.8, 4) is 5.75 Å². The monoisotopic (exact) mass is 295 g/mol. The maximum atomic E-state index is 6.18. The average molecular weight is 296 g/mol. The number of halogens is 1. The predicted molar refractivity (Wildman–Crippen MR) is 76.8 cm³/mol. The first kappa shape index (κ1) is 14.8. The second-order valence-corrected chi connectivity index (χ2v) is 5.06. The van der Waals surface area contributed by atoms with Crippen molar-refractivity contribution in [3.63, 3.8) is 0 Å². The van der Waals surface area contributed by atoms with Crippen molar-refractivity contribution in [2.75, 3.05) is 0 Å². The molecule has 0 radical (unpaired) electrons. The van der Waals surface area contributed by atoms with E-state index in [0.29, 0.717) is 28.9 Å². The number of benzene rings is 1. The maximum absolute atomic E-state index is 6.18. The van der Waals surface area contributed by atoms with Crippen LogP contribution in [-0.2, 0) is 19.4 Å². The maximum Gasteiger partial charge on any atom is 0.264 e. The summed E-state index contributed by atoms with van der Waals surface area (Å²) in [6.45, 7) is 4.10. The van der Waals surface area contributed by atoms with Crippen LogP contribution in [-0.4, -0.2) is 16.2 Å². The first-order chi connectivity index (χ1) is 9.60. The van der Waals surface area contributed by atoms with Gasteiger partial charge in [0, 0.05) is 12.5 Å². The molecule has 1 unspecified atom stereocenters. The highest BCUT2D eigenvalue weighted by Crippen LogP contribution is 2.30. The Kier molecular flexibility index (Phi) is 4.98. The third-order valence-electron chi connectivity index (χ3n) is 2.76. The molecule has 2 aromatic rings. The second kappa shape index (κ2) is 6.72. The number of para-hydroxylation sites is 1. The van der Waals surface area contributed by atoms with Crippen LogP contribution in [0.5, 0.6) is 5.75 Å². The van der Waals surface area contributed by atoms with Gasteiger partial charge in [0.15, 0.2) is 12.4 Å². The van der Waals surface area contributed by atoms with Crippen molar-refractivity contribution >= 4 is 11.6 Å². The number of nitrogens with zero attached hydrogens (tertiary/aromatic N) is 2. The SMILES string of the molecule is CCc1noc(COc2c(Cl)cccc2CC(C)N)n1. The van der Waals surface area contributed by atoms with Crippen molar-refractivity contribution in [1.29, 1.82) is 0 Å². The van der Waals surface area contributed by atoms with Crippen LogP contribution in [0.1, 0.15) is 31.1 Å². The molecule has 0 aliphatic rings. The summed E-state index contributed by atoms with van der Waals surface area (Å²) in [5, 5.41) is 4.38. The molecule has 1 heterocycles. The van der Waals surface area contributed by atoms with Gasteiger partial charge in [-0.1, -0.05) is 35.8 Å². The Morgan fingerprint density at radius 1 is 1.45 bits per heavy atom. The number of ether oxygens (including phenoxy) is 1. The molecule has 0 bridgehead atoms. The molecule has 2 rings (SSSR count). The first-order valence-corrected chi connectivity index (χ1v) is 6.95. The fourth-order valence-corrected chi connectivity index (χ4v) is 2.10. The van der Waals surface area contributed by atoms with Gasteiger partial charge >= 0.3 is 0 Å². The molecule has 6 heteroatoms. The lowest BCUT2D eigenvalue weighted by molar-refractivity contribution is 0.240. The Hall–Kier alpha value is -1.59. The van der Waals surface area contributed by atoms with E-state index in [0.717, 1.165) is 12.0 Å². The van der Waals surface area contributed by atoms with Crippen molar-refractivity contribution < 1.29 is 9.26 Å². The lowest BCUT2D eigenvalue weighted by atomic mass is 10.1. The van der Waals surface area contributed by atoms with Gasteiger partial charge < -0.3 is 15.0 Å². The minimum absolute atomic E-state index is 0.0333. The summed E-state index contributed by atoms with van der Waals surface area (Å²) in [6.07, 6.45) is 1.42. The minimum atomic E-state index is 0.0333. The molecule has 0 saturated heterocycles. The molecular weight excluding hydrogens is 278 g/mol. The summed E-state index contributed by atoms with van der Waals surface area (Å²) in [7, 11) is 0. The molecule has 20 heavy (non-hydrogen) atoms. The van der Waals surface area contributed by atoms with Crippen LogP contribution in [0.15, 0.2) is 22.7 Å². The normalized spacial score (nSPS) is 12.4. The van der Waals surface area contributed by atoms with Crippen LogP contribution in [0.3, 0.4) is 0 Å². The third-order valence-corrected chi connectivity index (χ3v) is 3.05. The van der Waals surface area contributed by atoms with E-state index in [4.69, 9.17) is 26.6 Å². The molecule has 0 fully saturated rings. The largest absolute Gasteiger partial charge is 0.482 e. The topological polar surface area (TPSA) is 74.2 Å². The standard InChI is InChI=1S/C14H18ClN3O2/c1-3-12-17-13(20-18-12)8-19-14-10(7-9(2)16)5-4-6-11(14)15/h4-6,9H,3,7-8,16H2,1-2H3. The molecule has 0 aliphatic carbocycles. The lowest BCUT2D eigenvalue weighted by Gasteiger charge is -2.13. The average Bonchev–Trinajstić information content (AvgIpc) is 2.85. The van der Waals surface area contributed by atoms with E-state index in [9.17, 15) is 0 Å². The van der Waals surface area contributed by atoms with Crippen LogP contribution in [0.25, 0.3) is 0 Å². The summed E-state index contributed by atoms with van der Waals surface area (Å²) < 4.78 is 10.8. The van der Waals surface area contributed by atoms with E-state index in [1.54, 1.807) is 6.07 Å². The molecule has 108 valence electrons. The summed E-state index contributed by atoms with van der Waals surface area (Å²) in [6, 6.07) is 5.66. The quantitative estimate of drug-likeness (QED) is 0.887. The number of hydrogen-bond donors (Lipinski definition) is 1. The van der Waals surface area contributed by atoms with Crippen molar-refractivity contribution in [2.45, 2.75) is 39.3 Å². The fourth-order valence-electron chi connectivity index (χ4n) is 1.85. The number of nitrogens with two attached hydrogens (primary N) is 1. The highest BCUT2D eigenvalue weighted by molar-refractivity contribution is 6.32. The van der Waals surface area contributed by atoms with Crippen molar-refractivity contribution in [3.05, 3.63) is 40.5 Å². The van der Waals surface area contributed by atoms with Gasteiger partial charge in [-0.05, 0) is 25.0 Å². The summed E-state index contributed by atoms with van der Waals surface area (Å²) in [5.41, 5.74) is 6.81. The van der Waals surface area contributed by atoms with Crippen molar-refractivity contribution in [2.24, 2.45) is 5.73 Å². The number of aromatic nitrogens is 2. The van der Waals surface area contributed by atoms with E-state index >= 15 is 0 Å². The highest BCUT2D eigenvalue weighted by Gasteiger charge is 2.12. The zero-order valence-corrected chi connectivity index (χ0v) is 12.4. The molecule has 0 saturated carbocycles. The first-order valence-electron chi connectivity index (χ1n) is 6.57. The minimum Gasteiger partial charge on any atom is -0.482 e. The van der Waals surface area contributed by atoms with Crippen LogP contribution >= 0.6 is 11.6 Å². The Morgan fingerprint density at radius 3 is 2.90 bits per heavy atom. The Labute approximate surface area is 123 Å². The Bertz CT molecular complexity index is 569. The zero-order valence-electron chi connectivity index (χ0n) is 11.6. The highest BCUT2D eigenvalue weighted by atomic mass is 35.5. The van der Waals surface area contributed by atoms with Gasteiger partial charge in [0.1, 0.15) is 5.75 Å². The predicted octanol–water partition coefficient (Wildman–Crippen LogP) is 2.75. The lowest BCUT2D eigenvalue weighted by Crippen LogP contribution is -2.18. The van der Waals surface area contributed by atoms with Gasteiger partial charge in [-0.2, -0.15) is 4.98 Å². The zero-order chi connectivity index (χ0) is 14.5. The van der Waals surface area contributed by atoms with Gasteiger partial charge in [0.25, 0.3) is 5.89 Å². The van der Waals surface area contributed by atoms with Gasteiger partial charge in [-0.3, -0.25) is 0 Å². The third kappa shape index (κ3) is 3.71. The summed E-state index contributed by atoms with van der Waals surface area (Å²) in [5.74, 6) is 1.73. The summed E-state index contributed by atoms with van der Waals surface area (Å²) >= 11 is 6.18. The molecule has 1 aromatic carbocycles. The molecule has 0 spiro atoms. The Morgan fingerprint density at radius 2 is 2.25 bits per heavy atom. The van der Waals surface area contributed by atoms with E-state index in [1.807, 2.05) is 26.0 Å². The smallest absolute Gasteiger partial charge is 0.264 e. The van der Waals surface area contributed by atoms with Gasteiger partial charge in [-0.15, -0.1) is 0 Å². The van der Waals surface area contributed by atoms with Gasteiger partial charge in [0.2, 0.25) is 0 Å². The van der Waals surface area contributed by atoms with Gasteiger partial charge in [0.05, 0.1) is 5.02 Å². The van der Waals surface area contributed by atoms with E-state index in [2.05, 4.69) is 10.1 Å². The fraction of sp³-hybridized carbons (Fsp3) is 0.429. The van der Waals surface area contributed by atoms with Crippen LogP contribution in [0.2, 0.25) is 5.02 Å². The number of rotatable bonds is 6. The number of hydrogen-bond acceptors (Lipinski definition) is 5. The van der Waals surface area contributed by atoms with Gasteiger partial charge in [-0.25, -0.2) is 0 Å². The van der Waals surface area contributed by atoms with Crippen LogP contribution in [0.4, 0.5) is 0 Å². The molecular formula is C14H18ClN3O2. The van der Waals surface area contributed by atoms with Crippen LogP contribution < -0.4 is 10.5 Å². The molecule has 1 aromatic heterocycles. The molecule has 0 amide bonds. The Balaban J connectivity index is 2.11. The van der Waals surface area contributed by atoms with E-state index in [1.165, 1.54) is 0 Å². The molecule has 1 atom stereocenters. The van der Waals surface area contributed by atoms with E-state index in [-0.39, 0.29) is 12.6 Å². The number of aryl methyl sites for hydroxylation is 1. The molecule has 0 aliphatic heterocycles. The molecule has 2 N–H and O–H groups in total. The molecule has 5 nitrogen and oxygen atoms in total. The van der Waals surface area contributed by atoms with Crippen LogP contribution in [0, 0.1) is 0 Å². The van der Waals surface area contributed by atoms with E-state index < -0.39 is 0 Å².